The summed E-state index contributed by atoms with van der Waals surface area (Å²) in [6, 6.07) is 3.87. The largest absolute Gasteiger partial charge is 0.469 e. The summed E-state index contributed by atoms with van der Waals surface area (Å²) >= 11 is 0. The number of likely N-dealkylation sites (N-methyl/N-ethyl adjacent to an activating group) is 1. The summed E-state index contributed by atoms with van der Waals surface area (Å²) in [4.78, 5) is 6.65. The summed E-state index contributed by atoms with van der Waals surface area (Å²) < 4.78 is 5.28. The predicted octanol–water partition coefficient (Wildman–Crippen LogP) is 2.91. The lowest BCUT2D eigenvalue weighted by Gasteiger charge is -2.22. The van der Waals surface area contributed by atoms with Crippen LogP contribution in [0, 0.1) is 0 Å². The molecule has 0 saturated heterocycles. The van der Waals surface area contributed by atoms with Crippen molar-refractivity contribution < 1.29 is 4.42 Å². The highest BCUT2D eigenvalue weighted by atomic mass is 127. The Morgan fingerprint density at radius 2 is 2.26 bits per heavy atom. The molecule has 0 atom stereocenters. The van der Waals surface area contributed by atoms with Crippen LogP contribution in [0.5, 0.6) is 0 Å². The number of hydrogen-bond acceptors (Lipinski definition) is 2. The molecule has 1 N–H and O–H groups in total. The fourth-order valence-corrected chi connectivity index (χ4v) is 1.68. The van der Waals surface area contributed by atoms with Crippen molar-refractivity contribution in [3.8, 4) is 0 Å². The molecule has 0 aliphatic heterocycles. The fourth-order valence-electron chi connectivity index (χ4n) is 1.68. The van der Waals surface area contributed by atoms with Crippen molar-refractivity contribution >= 4 is 29.9 Å². The van der Waals surface area contributed by atoms with Crippen molar-refractivity contribution in [3.05, 3.63) is 36.3 Å². The van der Waals surface area contributed by atoms with Gasteiger partial charge >= 0.3 is 0 Å². The summed E-state index contributed by atoms with van der Waals surface area (Å²) in [5, 5.41) is 3.27. The molecule has 0 radical (unpaired) electrons. The SMILES string of the molecule is C=C(C)CN(C)C(=NCCc1ccco1)NCC.I. The topological polar surface area (TPSA) is 40.8 Å². The summed E-state index contributed by atoms with van der Waals surface area (Å²) in [7, 11) is 2.02. The van der Waals surface area contributed by atoms with E-state index in [2.05, 4.69) is 28.7 Å². The van der Waals surface area contributed by atoms with Crippen molar-refractivity contribution in [1.29, 1.82) is 0 Å². The average Bonchev–Trinajstić information content (AvgIpc) is 2.80. The molecule has 0 saturated carbocycles. The second-order valence-corrected chi connectivity index (χ2v) is 4.38. The Kier molecular flexibility index (Phi) is 9.38. The number of halogens is 1. The van der Waals surface area contributed by atoms with Crippen LogP contribution in [0.4, 0.5) is 0 Å². The molecule has 1 aromatic rings. The second kappa shape index (κ2) is 9.89. The third-order valence-corrected chi connectivity index (χ3v) is 2.40. The van der Waals surface area contributed by atoms with Gasteiger partial charge in [-0.15, -0.1) is 24.0 Å². The van der Waals surface area contributed by atoms with E-state index < -0.39 is 0 Å². The van der Waals surface area contributed by atoms with Crippen molar-refractivity contribution in [2.75, 3.05) is 26.7 Å². The number of rotatable bonds is 6. The van der Waals surface area contributed by atoms with Gasteiger partial charge in [-0.3, -0.25) is 4.99 Å². The zero-order valence-corrected chi connectivity index (χ0v) is 14.3. The maximum Gasteiger partial charge on any atom is 0.193 e. The highest BCUT2D eigenvalue weighted by Crippen LogP contribution is 2.01. The van der Waals surface area contributed by atoms with E-state index in [0.717, 1.165) is 43.3 Å². The van der Waals surface area contributed by atoms with E-state index in [0.29, 0.717) is 0 Å². The van der Waals surface area contributed by atoms with Crippen molar-refractivity contribution in [3.63, 3.8) is 0 Å². The summed E-state index contributed by atoms with van der Waals surface area (Å²) in [6.45, 7) is 10.4. The van der Waals surface area contributed by atoms with Gasteiger partial charge in [-0.05, 0) is 26.0 Å². The van der Waals surface area contributed by atoms with Crippen LogP contribution in [0.25, 0.3) is 0 Å². The molecular formula is C14H24IN3O. The molecule has 0 spiro atoms. The number of nitrogens with zero attached hydrogens (tertiary/aromatic N) is 2. The molecule has 0 fully saturated rings. The maximum absolute atomic E-state index is 5.28. The third kappa shape index (κ3) is 7.25. The first-order chi connectivity index (χ1) is 8.63. The Labute approximate surface area is 133 Å². The van der Waals surface area contributed by atoms with Crippen LogP contribution in [0.3, 0.4) is 0 Å². The van der Waals surface area contributed by atoms with Crippen LogP contribution in [0.1, 0.15) is 19.6 Å². The predicted molar refractivity (Wildman–Crippen MR) is 91.2 cm³/mol. The Hall–Kier alpha value is -0.980. The van der Waals surface area contributed by atoms with Gasteiger partial charge in [0.1, 0.15) is 5.76 Å². The number of aliphatic imine (C=N–C) groups is 1. The van der Waals surface area contributed by atoms with Gasteiger partial charge in [0.05, 0.1) is 6.26 Å². The molecule has 0 aliphatic rings. The molecule has 0 amide bonds. The zero-order chi connectivity index (χ0) is 13.4. The number of nitrogens with one attached hydrogen (secondary N) is 1. The van der Waals surface area contributed by atoms with Crippen molar-refractivity contribution in [1.82, 2.24) is 10.2 Å². The minimum atomic E-state index is 0. The monoisotopic (exact) mass is 377 g/mol. The normalized spacial score (nSPS) is 10.8. The third-order valence-electron chi connectivity index (χ3n) is 2.40. The molecule has 4 nitrogen and oxygen atoms in total. The lowest BCUT2D eigenvalue weighted by Crippen LogP contribution is -2.39. The van der Waals surface area contributed by atoms with Gasteiger partial charge in [-0.1, -0.05) is 12.2 Å². The van der Waals surface area contributed by atoms with E-state index in [9.17, 15) is 0 Å². The zero-order valence-electron chi connectivity index (χ0n) is 12.0. The van der Waals surface area contributed by atoms with Gasteiger partial charge in [0.2, 0.25) is 0 Å². The molecular weight excluding hydrogens is 353 g/mol. The Morgan fingerprint density at radius 1 is 1.53 bits per heavy atom. The second-order valence-electron chi connectivity index (χ2n) is 4.38. The van der Waals surface area contributed by atoms with Crippen LogP contribution in [-0.2, 0) is 6.42 Å². The van der Waals surface area contributed by atoms with Crippen molar-refractivity contribution in [2.45, 2.75) is 20.3 Å². The molecule has 1 heterocycles. The van der Waals surface area contributed by atoms with Crippen LogP contribution in [0.2, 0.25) is 0 Å². The molecule has 0 bridgehead atoms. The first kappa shape index (κ1) is 18.0. The van der Waals surface area contributed by atoms with E-state index in [1.165, 1.54) is 0 Å². The lowest BCUT2D eigenvalue weighted by molar-refractivity contribution is 0.503. The van der Waals surface area contributed by atoms with Gasteiger partial charge in [-0.25, -0.2) is 0 Å². The minimum Gasteiger partial charge on any atom is -0.469 e. The van der Waals surface area contributed by atoms with Crippen LogP contribution < -0.4 is 5.32 Å². The molecule has 108 valence electrons. The average molecular weight is 377 g/mol. The van der Waals surface area contributed by atoms with Crippen molar-refractivity contribution in [2.24, 2.45) is 4.99 Å². The van der Waals surface area contributed by atoms with Gasteiger partial charge in [-0.2, -0.15) is 0 Å². The van der Waals surface area contributed by atoms with E-state index in [4.69, 9.17) is 4.42 Å². The molecule has 0 unspecified atom stereocenters. The molecule has 1 aromatic heterocycles. The van der Waals surface area contributed by atoms with E-state index in [1.54, 1.807) is 6.26 Å². The van der Waals surface area contributed by atoms with Gasteiger partial charge in [0, 0.05) is 33.1 Å². The highest BCUT2D eigenvalue weighted by molar-refractivity contribution is 14.0. The van der Waals surface area contributed by atoms with E-state index in [1.807, 2.05) is 26.1 Å². The molecule has 1 rings (SSSR count). The first-order valence-corrected chi connectivity index (χ1v) is 6.29. The minimum absolute atomic E-state index is 0. The molecule has 19 heavy (non-hydrogen) atoms. The lowest BCUT2D eigenvalue weighted by atomic mass is 10.3. The quantitative estimate of drug-likeness (QED) is 0.359. The summed E-state index contributed by atoms with van der Waals surface area (Å²) in [5.41, 5.74) is 1.12. The van der Waals surface area contributed by atoms with Crippen LogP contribution in [-0.4, -0.2) is 37.5 Å². The fraction of sp³-hybridized carbons (Fsp3) is 0.500. The standard InChI is InChI=1S/C14H23N3O.HI/c1-5-15-14(17(4)11-12(2)3)16-9-8-13-7-6-10-18-13;/h6-7,10H,2,5,8-9,11H2,1,3-4H3,(H,15,16);1H. The summed E-state index contributed by atoms with van der Waals surface area (Å²) in [6.07, 6.45) is 2.51. The van der Waals surface area contributed by atoms with Crippen LogP contribution in [0.15, 0.2) is 40.0 Å². The van der Waals surface area contributed by atoms with E-state index in [-0.39, 0.29) is 24.0 Å². The number of hydrogen-bond donors (Lipinski definition) is 1. The van der Waals surface area contributed by atoms with Gasteiger partial charge < -0.3 is 14.6 Å². The molecule has 5 heteroatoms. The Morgan fingerprint density at radius 3 is 2.79 bits per heavy atom. The molecule has 0 aromatic carbocycles. The van der Waals surface area contributed by atoms with Gasteiger partial charge in [0.25, 0.3) is 0 Å². The highest BCUT2D eigenvalue weighted by Gasteiger charge is 2.05. The van der Waals surface area contributed by atoms with Gasteiger partial charge in [0.15, 0.2) is 5.96 Å². The smallest absolute Gasteiger partial charge is 0.193 e. The summed E-state index contributed by atoms with van der Waals surface area (Å²) in [5.74, 6) is 1.88. The number of furan rings is 1. The van der Waals surface area contributed by atoms with E-state index >= 15 is 0 Å². The maximum atomic E-state index is 5.28. The first-order valence-electron chi connectivity index (χ1n) is 6.29. The molecule has 0 aliphatic carbocycles. The Balaban J connectivity index is 0.00000324. The number of guanidine groups is 1. The van der Waals surface area contributed by atoms with Crippen LogP contribution >= 0.6 is 24.0 Å². The Bertz CT molecular complexity index is 387.